The molecule has 3 heterocycles. The Morgan fingerprint density at radius 2 is 2.05 bits per heavy atom. The topological polar surface area (TPSA) is 87.7 Å². The number of H-pyrrole nitrogens is 1. The molecular formula is C29H30ClN3O4. The minimum Gasteiger partial charge on any atom is -0.488 e. The molecule has 2 aliphatic rings. The first-order valence-electron chi connectivity index (χ1n) is 12.5. The van der Waals surface area contributed by atoms with Gasteiger partial charge in [0.1, 0.15) is 23.7 Å². The van der Waals surface area contributed by atoms with Gasteiger partial charge < -0.3 is 19.6 Å². The van der Waals surface area contributed by atoms with E-state index in [-0.39, 0.29) is 5.92 Å². The van der Waals surface area contributed by atoms with Crippen molar-refractivity contribution in [1.29, 1.82) is 0 Å². The Labute approximate surface area is 220 Å². The molecule has 192 valence electrons. The molecule has 0 radical (unpaired) electrons. The third-order valence-electron chi connectivity index (χ3n) is 8.07. The average Bonchev–Trinajstić information content (AvgIpc) is 3.45. The molecular weight excluding hydrogens is 490 g/mol. The van der Waals surface area contributed by atoms with Crippen LogP contribution < -0.4 is 4.74 Å². The number of fused-ring (bicyclic) bond motifs is 6. The van der Waals surface area contributed by atoms with E-state index in [4.69, 9.17) is 26.1 Å². The van der Waals surface area contributed by atoms with Gasteiger partial charge in [0.05, 0.1) is 17.6 Å². The fourth-order valence-corrected chi connectivity index (χ4v) is 6.54. The molecule has 37 heavy (non-hydrogen) atoms. The highest BCUT2D eigenvalue weighted by molar-refractivity contribution is 6.30. The monoisotopic (exact) mass is 519 g/mol. The summed E-state index contributed by atoms with van der Waals surface area (Å²) in [5, 5.41) is 13.0. The lowest BCUT2D eigenvalue weighted by molar-refractivity contribution is 0.0215. The van der Waals surface area contributed by atoms with Crippen LogP contribution in [-0.2, 0) is 16.9 Å². The van der Waals surface area contributed by atoms with Crippen LogP contribution >= 0.6 is 11.6 Å². The fourth-order valence-electron chi connectivity index (χ4n) is 6.34. The van der Waals surface area contributed by atoms with Crippen LogP contribution in [0.25, 0.3) is 32.9 Å². The Morgan fingerprint density at radius 3 is 2.78 bits per heavy atom. The van der Waals surface area contributed by atoms with Crippen LogP contribution in [0.1, 0.15) is 38.6 Å². The van der Waals surface area contributed by atoms with Gasteiger partial charge in [0.25, 0.3) is 0 Å². The number of hydrogen-bond acceptors (Lipinski definition) is 4. The van der Waals surface area contributed by atoms with E-state index in [0.29, 0.717) is 37.0 Å². The molecule has 2 atom stereocenters. The second-order valence-electron chi connectivity index (χ2n) is 11.2. The molecule has 1 aromatic heterocycles. The van der Waals surface area contributed by atoms with Crippen LogP contribution in [0.2, 0.25) is 5.02 Å². The van der Waals surface area contributed by atoms with Gasteiger partial charge in [0, 0.05) is 35.5 Å². The van der Waals surface area contributed by atoms with Crippen molar-refractivity contribution in [2.45, 2.75) is 39.3 Å². The zero-order valence-electron chi connectivity index (χ0n) is 21.4. The largest absolute Gasteiger partial charge is 0.488 e. The predicted octanol–water partition coefficient (Wildman–Crippen LogP) is 6.82. The summed E-state index contributed by atoms with van der Waals surface area (Å²) < 4.78 is 11.6. The fraction of sp³-hybridized carbons (Fsp3) is 0.379. The molecule has 6 rings (SSSR count). The summed E-state index contributed by atoms with van der Waals surface area (Å²) in [7, 11) is 1.66. The molecule has 0 bridgehead atoms. The molecule has 0 saturated carbocycles. The van der Waals surface area contributed by atoms with Gasteiger partial charge in [-0.15, -0.1) is 0 Å². The van der Waals surface area contributed by atoms with Gasteiger partial charge >= 0.3 is 6.09 Å². The number of likely N-dealkylation sites (tertiary alicyclic amines) is 1. The highest BCUT2D eigenvalue weighted by Gasteiger charge is 2.58. The van der Waals surface area contributed by atoms with Crippen molar-refractivity contribution in [3.05, 3.63) is 58.9 Å². The van der Waals surface area contributed by atoms with E-state index < -0.39 is 17.0 Å². The third-order valence-corrected chi connectivity index (χ3v) is 8.30. The number of imidazole rings is 1. The first kappa shape index (κ1) is 24.1. The van der Waals surface area contributed by atoms with E-state index >= 15 is 0 Å². The summed E-state index contributed by atoms with van der Waals surface area (Å²) in [5.41, 5.74) is 3.67. The number of rotatable bonds is 3. The number of amides is 1. The molecule has 1 fully saturated rings. The lowest BCUT2D eigenvalue weighted by Gasteiger charge is -2.45. The highest BCUT2D eigenvalue weighted by Crippen LogP contribution is 2.53. The van der Waals surface area contributed by atoms with E-state index in [1.54, 1.807) is 12.0 Å². The lowest BCUT2D eigenvalue weighted by atomic mass is 9.70. The van der Waals surface area contributed by atoms with Crippen LogP contribution in [-0.4, -0.2) is 46.3 Å². The van der Waals surface area contributed by atoms with Gasteiger partial charge in [-0.1, -0.05) is 44.5 Å². The second kappa shape index (κ2) is 8.36. The summed E-state index contributed by atoms with van der Waals surface area (Å²) in [6.45, 7) is 7.61. The maximum Gasteiger partial charge on any atom is 0.408 e. The Morgan fingerprint density at radius 1 is 1.24 bits per heavy atom. The van der Waals surface area contributed by atoms with Crippen LogP contribution in [0.15, 0.2) is 42.5 Å². The van der Waals surface area contributed by atoms with Crippen molar-refractivity contribution >= 4 is 39.5 Å². The Kier molecular flexibility index (Phi) is 5.44. The number of halogens is 1. The lowest BCUT2D eigenvalue weighted by Crippen LogP contribution is -2.53. The smallest absolute Gasteiger partial charge is 0.408 e. The van der Waals surface area contributed by atoms with Gasteiger partial charge in [-0.25, -0.2) is 9.78 Å². The van der Waals surface area contributed by atoms with Gasteiger partial charge in [0.2, 0.25) is 0 Å². The first-order valence-corrected chi connectivity index (χ1v) is 12.9. The second-order valence-corrected chi connectivity index (χ2v) is 11.7. The molecule has 7 nitrogen and oxygen atoms in total. The number of carbonyl (C=O) groups is 1. The Balaban J connectivity index is 1.54. The number of ether oxygens (including phenoxy) is 2. The number of benzene rings is 3. The molecule has 0 spiro atoms. The first-order chi connectivity index (χ1) is 17.6. The number of methoxy groups -OCH3 is 1. The maximum absolute atomic E-state index is 12.5. The Bertz CT molecular complexity index is 1560. The summed E-state index contributed by atoms with van der Waals surface area (Å²) >= 11 is 6.21. The van der Waals surface area contributed by atoms with Crippen molar-refractivity contribution < 1.29 is 19.4 Å². The van der Waals surface area contributed by atoms with Crippen LogP contribution in [0, 0.1) is 11.3 Å². The molecule has 8 heteroatoms. The highest BCUT2D eigenvalue weighted by atomic mass is 35.5. The van der Waals surface area contributed by atoms with Gasteiger partial charge in [-0.2, -0.15) is 0 Å². The number of aromatic nitrogens is 2. The summed E-state index contributed by atoms with van der Waals surface area (Å²) in [6.07, 6.45) is -0.313. The quantitative estimate of drug-likeness (QED) is 0.310. The normalized spacial score (nSPS) is 21.2. The van der Waals surface area contributed by atoms with Gasteiger partial charge in [-0.3, -0.25) is 4.90 Å². The molecule has 1 amide bonds. The number of hydrogen-bond donors (Lipinski definition) is 2. The summed E-state index contributed by atoms with van der Waals surface area (Å²) in [6, 6.07) is 14.2. The van der Waals surface area contributed by atoms with Crippen LogP contribution in [0.4, 0.5) is 4.79 Å². The summed E-state index contributed by atoms with van der Waals surface area (Å²) in [5.74, 6) is 1.56. The predicted molar refractivity (Wildman–Crippen MR) is 144 cm³/mol. The van der Waals surface area contributed by atoms with Gasteiger partial charge in [-0.05, 0) is 58.7 Å². The number of carboxylic acid groups (broad SMARTS) is 1. The van der Waals surface area contributed by atoms with E-state index in [1.165, 1.54) is 0 Å². The van der Waals surface area contributed by atoms with Crippen LogP contribution in [0.3, 0.4) is 0 Å². The van der Waals surface area contributed by atoms with E-state index in [9.17, 15) is 9.90 Å². The van der Waals surface area contributed by atoms with Crippen molar-refractivity contribution in [3.8, 4) is 16.9 Å². The molecule has 0 aliphatic carbocycles. The number of nitrogens with one attached hydrogen (secondary N) is 1. The molecule has 2 N–H and O–H groups in total. The van der Waals surface area contributed by atoms with Gasteiger partial charge in [0.15, 0.2) is 0 Å². The van der Waals surface area contributed by atoms with E-state index in [0.717, 1.165) is 44.2 Å². The Hall–Kier alpha value is -3.29. The molecule has 2 aliphatic heterocycles. The molecule has 0 unspecified atom stereocenters. The molecule has 4 aromatic rings. The summed E-state index contributed by atoms with van der Waals surface area (Å²) in [4.78, 5) is 22.7. The zero-order valence-corrected chi connectivity index (χ0v) is 22.1. The zero-order chi connectivity index (χ0) is 26.1. The SMILES string of the molecule is COC[C@H]1CN(C(=O)O)[C@](c2nc3ccc4cc5c(cc4c3[nH]2)OCc2cc(Cl)ccc2-5)(C(C)(C)C)C1. The number of nitrogens with zero attached hydrogens (tertiary/aromatic N) is 2. The van der Waals surface area contributed by atoms with Crippen molar-refractivity contribution in [3.63, 3.8) is 0 Å². The van der Waals surface area contributed by atoms with Crippen molar-refractivity contribution in [2.24, 2.45) is 11.3 Å². The average molecular weight is 520 g/mol. The minimum atomic E-state index is -0.944. The third kappa shape index (κ3) is 3.59. The minimum absolute atomic E-state index is 0.0827. The maximum atomic E-state index is 12.5. The molecule has 1 saturated heterocycles. The van der Waals surface area contributed by atoms with E-state index in [2.05, 4.69) is 44.0 Å². The van der Waals surface area contributed by atoms with Crippen LogP contribution in [0.5, 0.6) is 5.75 Å². The van der Waals surface area contributed by atoms with Crippen molar-refractivity contribution in [1.82, 2.24) is 14.9 Å². The standard InChI is InChI=1S/C29H30ClN3O4/c1-28(2,3)29(12-16(14-36-4)13-33(29)27(34)35)26-31-23-8-5-17-10-22-20-7-6-19(30)9-18(20)15-37-24(22)11-21(17)25(23)32-26/h5-11,16H,12-15H2,1-4H3,(H,31,32)(H,34,35)/t16-,29-/m1/s1. The van der Waals surface area contributed by atoms with E-state index in [1.807, 2.05) is 24.3 Å². The number of aromatic amines is 1. The van der Waals surface area contributed by atoms with Crippen molar-refractivity contribution in [2.75, 3.05) is 20.3 Å². The molecule has 3 aromatic carbocycles.